The van der Waals surface area contributed by atoms with Gasteiger partial charge in [0.1, 0.15) is 11.5 Å². The zero-order chi connectivity index (χ0) is 22.4. The Balaban J connectivity index is 0.00000480. The maximum absolute atomic E-state index is 10.8. The molecular weight excluding hydrogens is 478 g/mol. The van der Waals surface area contributed by atoms with Gasteiger partial charge >= 0.3 is 59.1 Å². The summed E-state index contributed by atoms with van der Waals surface area (Å²) in [6.07, 6.45) is 0.146. The monoisotopic (exact) mass is 502 g/mol. The van der Waals surface area contributed by atoms with Crippen molar-refractivity contribution in [2.75, 3.05) is 24.7 Å². The number of ether oxygens (including phenoxy) is 2. The van der Waals surface area contributed by atoms with Crippen molar-refractivity contribution in [3.05, 3.63) is 47.5 Å². The average Bonchev–Trinajstić information content (AvgIpc) is 2.63. The van der Waals surface area contributed by atoms with Gasteiger partial charge in [0.25, 0.3) is 0 Å². The first-order chi connectivity index (χ1) is 13.9. The van der Waals surface area contributed by atoms with Crippen LogP contribution in [0.25, 0.3) is 11.1 Å². The zero-order valence-electron chi connectivity index (χ0n) is 18.8. The van der Waals surface area contributed by atoms with Crippen LogP contribution in [0.1, 0.15) is 24.0 Å². The molecule has 0 amide bonds. The number of hydrogen-bond acceptors (Lipinski definition) is 8. The predicted molar refractivity (Wildman–Crippen MR) is 111 cm³/mol. The molecule has 2 aromatic carbocycles. The summed E-state index contributed by atoms with van der Waals surface area (Å²) in [4.78, 5) is 0. The van der Waals surface area contributed by atoms with Crippen molar-refractivity contribution in [1.29, 1.82) is 0 Å². The van der Waals surface area contributed by atoms with Crippen LogP contribution >= 0.6 is 0 Å². The molecule has 0 fully saturated rings. The quantitative estimate of drug-likeness (QED) is 0.177. The van der Waals surface area contributed by atoms with Gasteiger partial charge in [-0.1, -0.05) is 29.8 Å². The van der Waals surface area contributed by atoms with Gasteiger partial charge in [0.2, 0.25) is 0 Å². The second kappa shape index (κ2) is 14.3. The summed E-state index contributed by atoms with van der Waals surface area (Å²) in [5, 5.41) is 0. The van der Waals surface area contributed by atoms with E-state index < -0.39 is 31.7 Å². The van der Waals surface area contributed by atoms with Crippen LogP contribution in [0.15, 0.2) is 36.4 Å². The van der Waals surface area contributed by atoms with E-state index in [9.17, 15) is 25.9 Å². The topological polar surface area (TPSA) is 133 Å². The smallest absolute Gasteiger partial charge is 0.748 e. The molecule has 0 N–H and O–H groups in total. The van der Waals surface area contributed by atoms with Crippen molar-refractivity contribution in [3.8, 4) is 22.6 Å². The summed E-state index contributed by atoms with van der Waals surface area (Å²) < 4.78 is 75.9. The van der Waals surface area contributed by atoms with Gasteiger partial charge in [-0.3, -0.25) is 0 Å². The van der Waals surface area contributed by atoms with Crippen LogP contribution in [0.5, 0.6) is 11.5 Å². The normalized spacial score (nSPS) is 11.2. The number of benzene rings is 2. The van der Waals surface area contributed by atoms with Gasteiger partial charge in [0, 0.05) is 17.1 Å². The van der Waals surface area contributed by atoms with Gasteiger partial charge in [-0.15, -0.1) is 0 Å². The van der Waals surface area contributed by atoms with Crippen LogP contribution in [0.3, 0.4) is 0 Å². The molecule has 0 aliphatic heterocycles. The van der Waals surface area contributed by atoms with E-state index >= 15 is 0 Å². The minimum atomic E-state index is -4.30. The van der Waals surface area contributed by atoms with Gasteiger partial charge in [-0.2, -0.15) is 0 Å². The molecule has 0 aliphatic carbocycles. The van der Waals surface area contributed by atoms with Crippen molar-refractivity contribution in [2.45, 2.75) is 26.7 Å². The molecule has 8 nitrogen and oxygen atoms in total. The van der Waals surface area contributed by atoms with Gasteiger partial charge in [0.05, 0.1) is 33.5 Å². The van der Waals surface area contributed by atoms with Crippen LogP contribution in [0.4, 0.5) is 0 Å². The first kappa shape index (κ1) is 31.9. The van der Waals surface area contributed by atoms with Crippen LogP contribution in [-0.2, 0) is 20.2 Å². The Hall–Kier alpha value is -0.140. The Labute approximate surface area is 234 Å². The molecule has 0 unspecified atom stereocenters. The molecule has 0 bridgehead atoms. The Morgan fingerprint density at radius 3 is 1.69 bits per heavy atom. The molecule has 32 heavy (non-hydrogen) atoms. The van der Waals surface area contributed by atoms with Crippen LogP contribution in [-0.4, -0.2) is 50.7 Å². The third-order valence-corrected chi connectivity index (χ3v) is 5.81. The maximum atomic E-state index is 10.8. The number of hydrogen-bond donors (Lipinski definition) is 0. The largest absolute Gasteiger partial charge is 1.00 e. The van der Waals surface area contributed by atoms with E-state index in [0.717, 1.165) is 16.7 Å². The molecule has 0 aromatic heterocycles. The molecule has 166 valence electrons. The third-order valence-electron chi connectivity index (χ3n) is 4.23. The molecule has 0 radical (unpaired) electrons. The standard InChI is InChI=1S/C20H26O8S2.2Na/c1-15-5-7-17(8-6-15)18-14-19(27-9-3-11-29(21,22)23)16(2)13-20(18)28-10-4-12-30(24,25)26;;/h5-8,13-14H,3-4,9-12H2,1-2H3,(H,21,22,23)(H,24,25,26);;/q;2*+1/p-2. The van der Waals surface area contributed by atoms with Crippen LogP contribution < -0.4 is 68.6 Å². The Morgan fingerprint density at radius 2 is 1.22 bits per heavy atom. The summed E-state index contributed by atoms with van der Waals surface area (Å²) in [6.45, 7) is 3.87. The Morgan fingerprint density at radius 1 is 0.750 bits per heavy atom. The molecule has 0 heterocycles. The molecular formula is C20H24Na2O8S2. The molecule has 0 saturated heterocycles. The number of aryl methyl sites for hydroxylation is 2. The maximum Gasteiger partial charge on any atom is 1.00 e. The van der Waals surface area contributed by atoms with Gasteiger partial charge in [-0.05, 0) is 49.9 Å². The summed E-state index contributed by atoms with van der Waals surface area (Å²) in [7, 11) is -8.59. The van der Waals surface area contributed by atoms with Crippen molar-refractivity contribution < 1.29 is 94.5 Å². The fourth-order valence-corrected chi connectivity index (χ4v) is 3.67. The predicted octanol–water partition coefficient (Wildman–Crippen LogP) is -3.39. The minimum absolute atomic E-state index is 0. The molecule has 0 aliphatic rings. The van der Waals surface area contributed by atoms with E-state index in [4.69, 9.17) is 9.47 Å². The van der Waals surface area contributed by atoms with E-state index in [1.54, 1.807) is 19.1 Å². The van der Waals surface area contributed by atoms with Crippen molar-refractivity contribution in [3.63, 3.8) is 0 Å². The summed E-state index contributed by atoms with van der Waals surface area (Å²) >= 11 is 0. The summed E-state index contributed by atoms with van der Waals surface area (Å²) in [5.74, 6) is 0.0218. The van der Waals surface area contributed by atoms with Gasteiger partial charge in [-0.25, -0.2) is 16.8 Å². The summed E-state index contributed by atoms with van der Waals surface area (Å²) in [5.41, 5.74) is 3.35. The van der Waals surface area contributed by atoms with E-state index in [1.165, 1.54) is 0 Å². The second-order valence-corrected chi connectivity index (χ2v) is 9.95. The van der Waals surface area contributed by atoms with E-state index in [2.05, 4.69) is 0 Å². The first-order valence-electron chi connectivity index (χ1n) is 9.29. The van der Waals surface area contributed by atoms with E-state index in [0.29, 0.717) is 17.1 Å². The van der Waals surface area contributed by atoms with E-state index in [-0.39, 0.29) is 85.2 Å². The average molecular weight is 503 g/mol. The third kappa shape index (κ3) is 11.8. The first-order valence-corrected chi connectivity index (χ1v) is 12.4. The molecule has 0 atom stereocenters. The molecule has 0 spiro atoms. The van der Waals surface area contributed by atoms with Crippen molar-refractivity contribution >= 4 is 20.2 Å². The molecule has 2 rings (SSSR count). The van der Waals surface area contributed by atoms with Crippen LogP contribution in [0, 0.1) is 13.8 Å². The fraction of sp³-hybridized carbons (Fsp3) is 0.400. The molecule has 12 heteroatoms. The Kier molecular flexibility index (Phi) is 14.2. The van der Waals surface area contributed by atoms with Crippen LogP contribution in [0.2, 0.25) is 0 Å². The van der Waals surface area contributed by atoms with Crippen molar-refractivity contribution in [1.82, 2.24) is 0 Å². The van der Waals surface area contributed by atoms with Gasteiger partial charge in [0.15, 0.2) is 0 Å². The Bertz CT molecular complexity index is 1070. The summed E-state index contributed by atoms with van der Waals surface area (Å²) in [6, 6.07) is 11.2. The molecule has 0 saturated carbocycles. The SMILES string of the molecule is Cc1ccc(-c2cc(OCCCS(=O)(=O)[O-])c(C)cc2OCCCS(=O)(=O)[O-])cc1.[Na+].[Na+]. The minimum Gasteiger partial charge on any atom is -0.748 e. The second-order valence-electron chi connectivity index (χ2n) is 6.91. The zero-order valence-corrected chi connectivity index (χ0v) is 24.4. The number of rotatable bonds is 11. The molecule has 2 aromatic rings. The van der Waals surface area contributed by atoms with Crippen molar-refractivity contribution in [2.24, 2.45) is 0 Å². The van der Waals surface area contributed by atoms with Gasteiger partial charge < -0.3 is 18.6 Å². The fourth-order valence-electron chi connectivity index (χ4n) is 2.73. The van der Waals surface area contributed by atoms with E-state index in [1.807, 2.05) is 31.2 Å².